The van der Waals surface area contributed by atoms with Crippen molar-refractivity contribution >= 4 is 0 Å². The summed E-state index contributed by atoms with van der Waals surface area (Å²) in [4.78, 5) is 2.57. The van der Waals surface area contributed by atoms with Crippen LogP contribution in [0.15, 0.2) is 0 Å². The van der Waals surface area contributed by atoms with Gasteiger partial charge in [-0.25, -0.2) is 0 Å². The molecule has 0 saturated carbocycles. The predicted octanol–water partition coefficient (Wildman–Crippen LogP) is 1.88. The molecule has 1 fully saturated rings. The van der Waals surface area contributed by atoms with Gasteiger partial charge in [0.15, 0.2) is 0 Å². The fourth-order valence-electron chi connectivity index (χ4n) is 2.06. The van der Waals surface area contributed by atoms with Crippen LogP contribution in [0.5, 0.6) is 0 Å². The van der Waals surface area contributed by atoms with Crippen molar-refractivity contribution in [2.75, 3.05) is 39.3 Å². The summed E-state index contributed by atoms with van der Waals surface area (Å²) in [6, 6.07) is 0. The third kappa shape index (κ3) is 7.20. The molecule has 1 rings (SSSR count). The molecule has 0 radical (unpaired) electrons. The van der Waals surface area contributed by atoms with Crippen molar-refractivity contribution < 1.29 is 4.74 Å². The van der Waals surface area contributed by atoms with Crippen LogP contribution >= 0.6 is 0 Å². The van der Waals surface area contributed by atoms with Crippen molar-refractivity contribution in [1.82, 2.24) is 10.2 Å². The molecule has 0 aliphatic carbocycles. The summed E-state index contributed by atoms with van der Waals surface area (Å²) in [5.74, 6) is 0. The zero-order valence-corrected chi connectivity index (χ0v) is 11.0. The van der Waals surface area contributed by atoms with Gasteiger partial charge in [0.1, 0.15) is 0 Å². The maximum Gasteiger partial charge on any atom is 0.0518 e. The number of nitrogens with one attached hydrogen (secondary N) is 1. The second-order valence-corrected chi connectivity index (χ2v) is 4.93. The van der Waals surface area contributed by atoms with Gasteiger partial charge < -0.3 is 15.0 Å². The molecule has 96 valence electrons. The fourth-order valence-corrected chi connectivity index (χ4v) is 2.06. The summed E-state index contributed by atoms with van der Waals surface area (Å²) in [5, 5.41) is 3.48. The third-order valence-corrected chi connectivity index (χ3v) is 3.00. The fraction of sp³-hybridized carbons (Fsp3) is 1.00. The molecular weight excluding hydrogens is 200 g/mol. The van der Waals surface area contributed by atoms with Crippen LogP contribution in [-0.2, 0) is 4.74 Å². The lowest BCUT2D eigenvalue weighted by atomic mass is 10.1. The van der Waals surface area contributed by atoms with Gasteiger partial charge in [-0.05, 0) is 52.7 Å². The van der Waals surface area contributed by atoms with Crippen molar-refractivity contribution in [1.29, 1.82) is 0 Å². The molecule has 1 N–H and O–H groups in total. The summed E-state index contributed by atoms with van der Waals surface area (Å²) in [6.07, 6.45) is 5.70. The zero-order valence-electron chi connectivity index (χ0n) is 11.0. The van der Waals surface area contributed by atoms with Crippen molar-refractivity contribution in [2.24, 2.45) is 0 Å². The summed E-state index contributed by atoms with van der Waals surface area (Å²) in [7, 11) is 0. The van der Waals surface area contributed by atoms with Gasteiger partial charge in [0.2, 0.25) is 0 Å². The molecule has 0 bridgehead atoms. The van der Waals surface area contributed by atoms with E-state index in [9.17, 15) is 0 Å². The van der Waals surface area contributed by atoms with Crippen LogP contribution in [0.3, 0.4) is 0 Å². The number of hydrogen-bond acceptors (Lipinski definition) is 3. The Kier molecular flexibility index (Phi) is 7.81. The maximum atomic E-state index is 5.49. The summed E-state index contributed by atoms with van der Waals surface area (Å²) in [5.41, 5.74) is 0. The average Bonchev–Trinajstić information content (AvgIpc) is 2.29. The molecule has 1 aliphatic heterocycles. The number of piperidine rings is 1. The number of ether oxygens (including phenoxy) is 1. The van der Waals surface area contributed by atoms with Gasteiger partial charge in [-0.1, -0.05) is 6.42 Å². The first-order valence-corrected chi connectivity index (χ1v) is 6.83. The SMILES string of the molecule is CC(C)OCCCNCCN1CCCCC1. The minimum atomic E-state index is 0.369. The highest BCUT2D eigenvalue weighted by atomic mass is 16.5. The van der Waals surface area contributed by atoms with Crippen LogP contribution in [0.4, 0.5) is 0 Å². The van der Waals surface area contributed by atoms with E-state index in [1.54, 1.807) is 0 Å². The zero-order chi connectivity index (χ0) is 11.6. The molecule has 0 aromatic heterocycles. The highest BCUT2D eigenvalue weighted by Gasteiger charge is 2.08. The molecule has 0 spiro atoms. The van der Waals surface area contributed by atoms with Crippen molar-refractivity contribution in [3.63, 3.8) is 0 Å². The van der Waals surface area contributed by atoms with E-state index in [4.69, 9.17) is 4.74 Å². The first-order chi connectivity index (χ1) is 7.79. The van der Waals surface area contributed by atoms with Crippen LogP contribution in [0, 0.1) is 0 Å². The number of hydrogen-bond donors (Lipinski definition) is 1. The smallest absolute Gasteiger partial charge is 0.0518 e. The van der Waals surface area contributed by atoms with Gasteiger partial charge in [0.25, 0.3) is 0 Å². The minimum absolute atomic E-state index is 0.369. The van der Waals surface area contributed by atoms with Gasteiger partial charge in [-0.3, -0.25) is 0 Å². The van der Waals surface area contributed by atoms with Gasteiger partial charge in [0, 0.05) is 19.7 Å². The van der Waals surface area contributed by atoms with E-state index in [0.29, 0.717) is 6.10 Å². The largest absolute Gasteiger partial charge is 0.379 e. The molecule has 1 saturated heterocycles. The standard InChI is InChI=1S/C13H28N2O/c1-13(2)16-12-6-7-14-8-11-15-9-4-3-5-10-15/h13-14H,3-12H2,1-2H3. The van der Waals surface area contributed by atoms with E-state index in [0.717, 1.165) is 26.1 Å². The Morgan fingerprint density at radius 3 is 2.56 bits per heavy atom. The molecule has 0 aromatic rings. The highest BCUT2D eigenvalue weighted by Crippen LogP contribution is 2.07. The lowest BCUT2D eigenvalue weighted by Crippen LogP contribution is -2.36. The molecule has 16 heavy (non-hydrogen) atoms. The number of likely N-dealkylation sites (tertiary alicyclic amines) is 1. The molecular formula is C13H28N2O. The number of rotatable bonds is 8. The molecule has 0 aromatic carbocycles. The van der Waals surface area contributed by atoms with Crippen molar-refractivity contribution in [2.45, 2.75) is 45.6 Å². The van der Waals surface area contributed by atoms with Gasteiger partial charge >= 0.3 is 0 Å². The molecule has 3 nitrogen and oxygen atoms in total. The van der Waals surface area contributed by atoms with Crippen LogP contribution in [-0.4, -0.2) is 50.3 Å². The van der Waals surface area contributed by atoms with E-state index in [2.05, 4.69) is 24.1 Å². The van der Waals surface area contributed by atoms with Gasteiger partial charge in [0.05, 0.1) is 6.10 Å². The average molecular weight is 228 g/mol. The third-order valence-electron chi connectivity index (χ3n) is 3.00. The van der Waals surface area contributed by atoms with E-state index in [1.165, 1.54) is 38.9 Å². The maximum absolute atomic E-state index is 5.49. The van der Waals surface area contributed by atoms with E-state index in [1.807, 2.05) is 0 Å². The Balaban J connectivity index is 1.80. The Morgan fingerprint density at radius 1 is 1.12 bits per heavy atom. The summed E-state index contributed by atoms with van der Waals surface area (Å²) in [6.45, 7) is 11.1. The summed E-state index contributed by atoms with van der Waals surface area (Å²) >= 11 is 0. The second-order valence-electron chi connectivity index (χ2n) is 4.93. The monoisotopic (exact) mass is 228 g/mol. The van der Waals surface area contributed by atoms with Gasteiger partial charge in [-0.15, -0.1) is 0 Å². The first-order valence-electron chi connectivity index (χ1n) is 6.83. The quantitative estimate of drug-likeness (QED) is 0.642. The van der Waals surface area contributed by atoms with Crippen LogP contribution in [0.25, 0.3) is 0 Å². The molecule has 0 atom stereocenters. The van der Waals surface area contributed by atoms with Crippen molar-refractivity contribution in [3.05, 3.63) is 0 Å². The molecule has 1 heterocycles. The van der Waals surface area contributed by atoms with Crippen LogP contribution in [0.2, 0.25) is 0 Å². The molecule has 3 heteroatoms. The Morgan fingerprint density at radius 2 is 1.88 bits per heavy atom. The lowest BCUT2D eigenvalue weighted by Gasteiger charge is -2.26. The Bertz CT molecular complexity index is 156. The molecule has 1 aliphatic rings. The van der Waals surface area contributed by atoms with E-state index < -0.39 is 0 Å². The molecule has 0 unspecified atom stereocenters. The van der Waals surface area contributed by atoms with Gasteiger partial charge in [-0.2, -0.15) is 0 Å². The van der Waals surface area contributed by atoms with E-state index in [-0.39, 0.29) is 0 Å². The van der Waals surface area contributed by atoms with Crippen LogP contribution < -0.4 is 5.32 Å². The minimum Gasteiger partial charge on any atom is -0.379 e. The second kappa shape index (κ2) is 8.97. The van der Waals surface area contributed by atoms with Crippen molar-refractivity contribution in [3.8, 4) is 0 Å². The lowest BCUT2D eigenvalue weighted by molar-refractivity contribution is 0.0770. The normalized spacial score (nSPS) is 18.2. The number of nitrogens with zero attached hydrogens (tertiary/aromatic N) is 1. The predicted molar refractivity (Wildman–Crippen MR) is 68.9 cm³/mol. The topological polar surface area (TPSA) is 24.5 Å². The Labute approximate surface area is 101 Å². The first kappa shape index (κ1) is 13.9. The van der Waals surface area contributed by atoms with E-state index >= 15 is 0 Å². The van der Waals surface area contributed by atoms with Crippen LogP contribution in [0.1, 0.15) is 39.5 Å². The molecule has 0 amide bonds. The Hall–Kier alpha value is -0.120. The summed E-state index contributed by atoms with van der Waals surface area (Å²) < 4.78 is 5.49. The highest BCUT2D eigenvalue weighted by molar-refractivity contribution is 4.65.